The summed E-state index contributed by atoms with van der Waals surface area (Å²) in [6, 6.07) is 21.5. The lowest BCUT2D eigenvalue weighted by Crippen LogP contribution is -2.50. The van der Waals surface area contributed by atoms with E-state index in [9.17, 15) is 9.59 Å². The van der Waals surface area contributed by atoms with Gasteiger partial charge in [-0.15, -0.1) is 0 Å². The van der Waals surface area contributed by atoms with Gasteiger partial charge in [0.1, 0.15) is 0 Å². The van der Waals surface area contributed by atoms with Crippen LogP contribution >= 0.6 is 15.9 Å². The van der Waals surface area contributed by atoms with Gasteiger partial charge < -0.3 is 9.47 Å². The van der Waals surface area contributed by atoms with Crippen molar-refractivity contribution in [2.24, 2.45) is 11.8 Å². The first kappa shape index (κ1) is 17.5. The second-order valence-corrected chi connectivity index (χ2v) is 9.67. The minimum absolute atomic E-state index is 0.142. The third kappa shape index (κ3) is 1.97. The summed E-state index contributed by atoms with van der Waals surface area (Å²) in [7, 11) is 0. The number of carbonyl (C=O) groups is 2. The number of benzene rings is 3. The average molecular weight is 474 g/mol. The van der Waals surface area contributed by atoms with Crippen LogP contribution in [0.1, 0.15) is 28.2 Å². The van der Waals surface area contributed by atoms with E-state index in [0.717, 1.165) is 22.3 Å². The summed E-state index contributed by atoms with van der Waals surface area (Å²) in [6.07, 6.45) is 0. The van der Waals surface area contributed by atoms with Crippen molar-refractivity contribution in [1.82, 2.24) is 0 Å². The molecule has 3 aromatic rings. The van der Waals surface area contributed by atoms with Crippen molar-refractivity contribution >= 4 is 33.4 Å². The molecule has 2 bridgehead atoms. The first-order chi connectivity index (χ1) is 15.1. The van der Waals surface area contributed by atoms with Crippen LogP contribution in [0, 0.1) is 11.8 Å². The quantitative estimate of drug-likeness (QED) is 0.390. The van der Waals surface area contributed by atoms with Crippen molar-refractivity contribution in [2.75, 3.05) is 11.7 Å². The normalized spacial score (nSPS) is 29.1. The lowest BCUT2D eigenvalue weighted by Gasteiger charge is -2.51. The number of ether oxygens (including phenoxy) is 2. The number of alkyl halides is 1. The SMILES string of the molecule is O=C1[C@H]2C3c4ccccc4C(Br)(c4ccccc43)[C@H]2C(=O)N1c1ccc2c(c1)OCO2. The zero-order valence-corrected chi connectivity index (χ0v) is 17.8. The molecule has 8 rings (SSSR count). The molecule has 2 heterocycles. The average Bonchev–Trinajstić information content (AvgIpc) is 3.37. The highest BCUT2D eigenvalue weighted by atomic mass is 79.9. The molecule has 0 radical (unpaired) electrons. The topological polar surface area (TPSA) is 55.8 Å². The van der Waals surface area contributed by atoms with Crippen molar-refractivity contribution in [3.05, 3.63) is 89.0 Å². The molecule has 1 saturated heterocycles. The second kappa shape index (κ2) is 5.77. The molecule has 0 spiro atoms. The number of nitrogens with zero attached hydrogens (tertiary/aromatic N) is 1. The van der Waals surface area contributed by atoms with E-state index in [4.69, 9.17) is 9.47 Å². The number of hydrogen-bond donors (Lipinski definition) is 0. The van der Waals surface area contributed by atoms with Crippen molar-refractivity contribution in [3.8, 4) is 11.5 Å². The second-order valence-electron chi connectivity index (χ2n) is 8.42. The minimum atomic E-state index is -0.739. The maximum absolute atomic E-state index is 13.9. The molecule has 2 atom stereocenters. The molecule has 152 valence electrons. The summed E-state index contributed by atoms with van der Waals surface area (Å²) >= 11 is 4.01. The maximum atomic E-state index is 13.9. The Bertz CT molecular complexity index is 1270. The van der Waals surface area contributed by atoms with Gasteiger partial charge in [-0.05, 0) is 34.4 Å². The van der Waals surface area contributed by atoms with Crippen LogP contribution in [0.5, 0.6) is 11.5 Å². The van der Waals surface area contributed by atoms with E-state index in [1.54, 1.807) is 18.2 Å². The molecule has 0 aromatic heterocycles. The van der Waals surface area contributed by atoms with Crippen LogP contribution in [0.3, 0.4) is 0 Å². The van der Waals surface area contributed by atoms with Crippen molar-refractivity contribution in [1.29, 1.82) is 0 Å². The first-order valence-electron chi connectivity index (χ1n) is 10.3. The maximum Gasteiger partial charge on any atom is 0.239 e. The summed E-state index contributed by atoms with van der Waals surface area (Å²) in [5.74, 6) is -0.283. The Morgan fingerprint density at radius 3 is 2.19 bits per heavy atom. The molecule has 2 amide bonds. The Hall–Kier alpha value is -3.12. The number of anilines is 1. The lowest BCUT2D eigenvalue weighted by atomic mass is 9.55. The van der Waals surface area contributed by atoms with Crippen LogP contribution in [-0.4, -0.2) is 18.6 Å². The third-order valence-electron chi connectivity index (χ3n) is 7.13. The van der Waals surface area contributed by atoms with Gasteiger partial charge in [-0.25, -0.2) is 4.90 Å². The van der Waals surface area contributed by atoms with Gasteiger partial charge in [0.15, 0.2) is 11.5 Å². The van der Waals surface area contributed by atoms with Crippen LogP contribution in [0.4, 0.5) is 5.69 Å². The number of fused-ring (bicyclic) bond motifs is 1. The zero-order chi connectivity index (χ0) is 20.9. The smallest absolute Gasteiger partial charge is 0.239 e. The van der Waals surface area contributed by atoms with E-state index in [0.29, 0.717) is 17.2 Å². The number of imide groups is 1. The van der Waals surface area contributed by atoms with E-state index in [1.807, 2.05) is 24.3 Å². The Kier molecular flexibility index (Phi) is 3.26. The molecule has 6 heteroatoms. The highest BCUT2D eigenvalue weighted by molar-refractivity contribution is 9.09. The molecule has 0 unspecified atom stereocenters. The molecule has 3 aromatic carbocycles. The van der Waals surface area contributed by atoms with Crippen molar-refractivity contribution < 1.29 is 19.1 Å². The fraction of sp³-hybridized carbons (Fsp3) is 0.200. The van der Waals surface area contributed by atoms with Gasteiger partial charge in [-0.1, -0.05) is 64.5 Å². The minimum Gasteiger partial charge on any atom is -0.454 e. The fourth-order valence-electron chi connectivity index (χ4n) is 5.96. The van der Waals surface area contributed by atoms with Gasteiger partial charge in [-0.2, -0.15) is 0 Å². The molecular formula is C25H16BrNO4. The monoisotopic (exact) mass is 473 g/mol. The highest BCUT2D eigenvalue weighted by Gasteiger charge is 2.67. The predicted molar refractivity (Wildman–Crippen MR) is 116 cm³/mol. The van der Waals surface area contributed by atoms with Crippen LogP contribution in [-0.2, 0) is 13.9 Å². The van der Waals surface area contributed by atoms with E-state index >= 15 is 0 Å². The van der Waals surface area contributed by atoms with E-state index in [2.05, 4.69) is 40.2 Å². The first-order valence-corrected chi connectivity index (χ1v) is 11.0. The van der Waals surface area contributed by atoms with Gasteiger partial charge >= 0.3 is 0 Å². The Morgan fingerprint density at radius 1 is 0.839 bits per heavy atom. The third-order valence-corrected chi connectivity index (χ3v) is 8.48. The fourth-order valence-corrected chi connectivity index (χ4v) is 7.16. The highest BCUT2D eigenvalue weighted by Crippen LogP contribution is 2.66. The van der Waals surface area contributed by atoms with Gasteiger partial charge in [0, 0.05) is 12.0 Å². The predicted octanol–water partition coefficient (Wildman–Crippen LogP) is 4.32. The van der Waals surface area contributed by atoms with Crippen LogP contribution in [0.15, 0.2) is 66.7 Å². The molecule has 3 aliphatic carbocycles. The van der Waals surface area contributed by atoms with Crippen molar-refractivity contribution in [3.63, 3.8) is 0 Å². The number of amides is 2. The summed E-state index contributed by atoms with van der Waals surface area (Å²) < 4.78 is 10.1. The van der Waals surface area contributed by atoms with Crippen LogP contribution < -0.4 is 14.4 Å². The summed E-state index contributed by atoms with van der Waals surface area (Å²) in [5.41, 5.74) is 4.92. The molecule has 31 heavy (non-hydrogen) atoms. The number of hydrogen-bond acceptors (Lipinski definition) is 4. The zero-order valence-electron chi connectivity index (χ0n) is 16.2. The van der Waals surface area contributed by atoms with Gasteiger partial charge in [0.25, 0.3) is 0 Å². The standard InChI is InChI=1S/C25H16BrNO4/c26-25-16-7-3-1-5-14(16)20(15-6-2-4-8-17(15)25)21-22(25)24(29)27(23(21)28)13-9-10-18-19(11-13)31-12-30-18/h1-11,20-22H,12H2/t20?,21-,22+,25?/m0/s1. The van der Waals surface area contributed by atoms with Gasteiger partial charge in [0.05, 0.1) is 21.8 Å². The van der Waals surface area contributed by atoms with Crippen LogP contribution in [0.2, 0.25) is 0 Å². The number of rotatable bonds is 1. The molecule has 0 saturated carbocycles. The lowest BCUT2D eigenvalue weighted by molar-refractivity contribution is -0.122. The molecule has 1 fully saturated rings. The van der Waals surface area contributed by atoms with Crippen molar-refractivity contribution in [2.45, 2.75) is 10.2 Å². The molecular weight excluding hydrogens is 458 g/mol. The molecule has 5 nitrogen and oxygen atoms in total. The Balaban J connectivity index is 1.45. The largest absolute Gasteiger partial charge is 0.454 e. The van der Waals surface area contributed by atoms with E-state index in [1.165, 1.54) is 4.90 Å². The van der Waals surface area contributed by atoms with Crippen LogP contribution in [0.25, 0.3) is 0 Å². The molecule has 0 N–H and O–H groups in total. The number of carbonyl (C=O) groups excluding carboxylic acids is 2. The van der Waals surface area contributed by atoms with Gasteiger partial charge in [-0.3, -0.25) is 9.59 Å². The van der Waals surface area contributed by atoms with E-state index < -0.39 is 16.2 Å². The summed E-state index contributed by atoms with van der Waals surface area (Å²) in [4.78, 5) is 29.0. The summed E-state index contributed by atoms with van der Waals surface area (Å²) in [6.45, 7) is 0.142. The van der Waals surface area contributed by atoms with Gasteiger partial charge in [0.2, 0.25) is 18.6 Å². The van der Waals surface area contributed by atoms with E-state index in [-0.39, 0.29) is 24.5 Å². The Morgan fingerprint density at radius 2 is 1.48 bits per heavy atom. The Labute approximate surface area is 186 Å². The number of halogens is 1. The molecule has 5 aliphatic rings. The molecule has 2 aliphatic heterocycles. The summed E-state index contributed by atoms with van der Waals surface area (Å²) in [5, 5.41) is 0.